The van der Waals surface area contributed by atoms with Gasteiger partial charge in [-0.3, -0.25) is 9.48 Å². The second-order valence-corrected chi connectivity index (χ2v) is 6.22. The molecule has 0 bridgehead atoms. The summed E-state index contributed by atoms with van der Waals surface area (Å²) in [5.41, 5.74) is -0.503. The van der Waals surface area contributed by atoms with Gasteiger partial charge in [-0.05, 0) is 50.8 Å². The van der Waals surface area contributed by atoms with E-state index in [0.29, 0.717) is 12.0 Å². The number of hydrogen-bond donors (Lipinski definition) is 2. The summed E-state index contributed by atoms with van der Waals surface area (Å²) in [5, 5.41) is 11.0. The Morgan fingerprint density at radius 1 is 1.40 bits per heavy atom. The minimum Gasteiger partial charge on any atom is -0.351 e. The van der Waals surface area contributed by atoms with Crippen LogP contribution in [0, 0.1) is 5.92 Å². The largest absolute Gasteiger partial charge is 0.351 e. The molecule has 2 atom stereocenters. The van der Waals surface area contributed by atoms with Crippen LogP contribution in [0.1, 0.15) is 39.0 Å². The van der Waals surface area contributed by atoms with Crippen LogP contribution in [-0.2, 0) is 10.3 Å². The molecule has 0 spiro atoms. The zero-order valence-corrected chi connectivity index (χ0v) is 12.1. The SMILES string of the molecule is CC1CCCC1NC(=O)C1(n2cccn2)CCNCC1. The number of carbonyl (C=O) groups excluding carboxylic acids is 1. The van der Waals surface area contributed by atoms with E-state index in [9.17, 15) is 4.79 Å². The lowest BCUT2D eigenvalue weighted by molar-refractivity contribution is -0.133. The van der Waals surface area contributed by atoms with Gasteiger partial charge in [0.1, 0.15) is 5.54 Å². The molecule has 1 amide bonds. The molecule has 2 fully saturated rings. The van der Waals surface area contributed by atoms with E-state index in [-0.39, 0.29) is 5.91 Å². The highest BCUT2D eigenvalue weighted by molar-refractivity contribution is 5.84. The molecule has 0 radical (unpaired) electrons. The van der Waals surface area contributed by atoms with Gasteiger partial charge < -0.3 is 10.6 Å². The number of piperidine rings is 1. The Hall–Kier alpha value is -1.36. The molecule has 1 saturated carbocycles. The van der Waals surface area contributed by atoms with E-state index in [1.54, 1.807) is 6.20 Å². The van der Waals surface area contributed by atoms with Crippen molar-refractivity contribution in [3.8, 4) is 0 Å². The van der Waals surface area contributed by atoms with Gasteiger partial charge in [0.05, 0.1) is 0 Å². The standard InChI is InChI=1S/C15H24N4O/c1-12-4-2-5-13(12)18-14(20)15(6-9-16-10-7-15)19-11-3-8-17-19/h3,8,11-13,16H,2,4-7,9-10H2,1H3,(H,18,20). The average molecular weight is 276 g/mol. The van der Waals surface area contributed by atoms with Gasteiger partial charge in [-0.2, -0.15) is 5.10 Å². The fourth-order valence-electron chi connectivity index (χ4n) is 3.59. The van der Waals surface area contributed by atoms with Crippen LogP contribution in [0.4, 0.5) is 0 Å². The molecule has 2 heterocycles. The highest BCUT2D eigenvalue weighted by Crippen LogP contribution is 2.30. The summed E-state index contributed by atoms with van der Waals surface area (Å²) in [7, 11) is 0. The smallest absolute Gasteiger partial charge is 0.248 e. The predicted molar refractivity (Wildman–Crippen MR) is 77.3 cm³/mol. The molecule has 2 aliphatic rings. The first-order chi connectivity index (χ1) is 9.72. The zero-order chi connectivity index (χ0) is 14.0. The van der Waals surface area contributed by atoms with E-state index in [2.05, 4.69) is 22.7 Å². The summed E-state index contributed by atoms with van der Waals surface area (Å²) < 4.78 is 1.86. The quantitative estimate of drug-likeness (QED) is 0.874. The molecule has 20 heavy (non-hydrogen) atoms. The van der Waals surface area contributed by atoms with Crippen molar-refractivity contribution in [3.05, 3.63) is 18.5 Å². The van der Waals surface area contributed by atoms with Gasteiger partial charge in [-0.15, -0.1) is 0 Å². The van der Waals surface area contributed by atoms with Crippen molar-refractivity contribution in [3.63, 3.8) is 0 Å². The van der Waals surface area contributed by atoms with Crippen molar-refractivity contribution in [2.75, 3.05) is 13.1 Å². The molecule has 5 heteroatoms. The Bertz CT molecular complexity index is 450. The normalized spacial score (nSPS) is 29.2. The first-order valence-electron chi connectivity index (χ1n) is 7.74. The van der Waals surface area contributed by atoms with Gasteiger partial charge >= 0.3 is 0 Å². The molecular formula is C15H24N4O. The molecule has 1 aliphatic carbocycles. The summed E-state index contributed by atoms with van der Waals surface area (Å²) in [6.07, 6.45) is 8.85. The predicted octanol–water partition coefficient (Wildman–Crippen LogP) is 1.27. The van der Waals surface area contributed by atoms with Crippen molar-refractivity contribution < 1.29 is 4.79 Å². The molecule has 0 aromatic carbocycles. The van der Waals surface area contributed by atoms with Gasteiger partial charge in [-0.1, -0.05) is 13.3 Å². The summed E-state index contributed by atoms with van der Waals surface area (Å²) in [6, 6.07) is 2.24. The fourth-order valence-corrected chi connectivity index (χ4v) is 3.59. The Morgan fingerprint density at radius 3 is 2.80 bits per heavy atom. The Kier molecular flexibility index (Phi) is 3.78. The van der Waals surface area contributed by atoms with Gasteiger partial charge in [0.2, 0.25) is 5.91 Å². The van der Waals surface area contributed by atoms with E-state index < -0.39 is 5.54 Å². The number of rotatable bonds is 3. The summed E-state index contributed by atoms with van der Waals surface area (Å²) >= 11 is 0. The highest BCUT2D eigenvalue weighted by Gasteiger charge is 2.43. The first-order valence-corrected chi connectivity index (χ1v) is 7.74. The topological polar surface area (TPSA) is 59.0 Å². The second kappa shape index (κ2) is 5.56. The monoisotopic (exact) mass is 276 g/mol. The maximum Gasteiger partial charge on any atom is 0.248 e. The maximum atomic E-state index is 12.9. The van der Waals surface area contributed by atoms with Crippen molar-refractivity contribution in [1.82, 2.24) is 20.4 Å². The molecular weight excluding hydrogens is 252 g/mol. The molecule has 1 aliphatic heterocycles. The Labute approximate surface area is 120 Å². The first kappa shape index (κ1) is 13.6. The van der Waals surface area contributed by atoms with Crippen LogP contribution in [0.5, 0.6) is 0 Å². The molecule has 110 valence electrons. The minimum absolute atomic E-state index is 0.154. The molecule has 2 unspecified atom stereocenters. The number of amides is 1. The third-order valence-electron chi connectivity index (χ3n) is 4.97. The van der Waals surface area contributed by atoms with Crippen molar-refractivity contribution in [1.29, 1.82) is 0 Å². The van der Waals surface area contributed by atoms with E-state index >= 15 is 0 Å². The summed E-state index contributed by atoms with van der Waals surface area (Å²) in [4.78, 5) is 12.9. The molecule has 3 rings (SSSR count). The van der Waals surface area contributed by atoms with E-state index in [1.165, 1.54) is 12.8 Å². The maximum absolute atomic E-state index is 12.9. The Morgan fingerprint density at radius 2 is 2.20 bits per heavy atom. The molecule has 1 aromatic heterocycles. The summed E-state index contributed by atoms with van der Waals surface area (Å²) in [6.45, 7) is 3.97. The number of carbonyl (C=O) groups is 1. The van der Waals surface area contributed by atoms with Crippen molar-refractivity contribution >= 4 is 5.91 Å². The molecule has 5 nitrogen and oxygen atoms in total. The average Bonchev–Trinajstić information content (AvgIpc) is 3.12. The number of nitrogens with one attached hydrogen (secondary N) is 2. The van der Waals surface area contributed by atoms with Crippen molar-refractivity contribution in [2.45, 2.75) is 50.6 Å². The van der Waals surface area contributed by atoms with Gasteiger partial charge in [0.15, 0.2) is 0 Å². The minimum atomic E-state index is -0.503. The zero-order valence-electron chi connectivity index (χ0n) is 12.1. The molecule has 1 saturated heterocycles. The van der Waals surface area contributed by atoms with Crippen LogP contribution >= 0.6 is 0 Å². The molecule has 1 aromatic rings. The third-order valence-corrected chi connectivity index (χ3v) is 4.97. The number of aromatic nitrogens is 2. The highest BCUT2D eigenvalue weighted by atomic mass is 16.2. The lowest BCUT2D eigenvalue weighted by Crippen LogP contribution is -2.56. The van der Waals surface area contributed by atoms with E-state index in [0.717, 1.165) is 32.4 Å². The van der Waals surface area contributed by atoms with Crippen LogP contribution in [0.2, 0.25) is 0 Å². The van der Waals surface area contributed by atoms with E-state index in [4.69, 9.17) is 0 Å². The van der Waals surface area contributed by atoms with Crippen LogP contribution in [0.3, 0.4) is 0 Å². The van der Waals surface area contributed by atoms with Crippen molar-refractivity contribution in [2.24, 2.45) is 5.92 Å². The van der Waals surface area contributed by atoms with Crippen LogP contribution < -0.4 is 10.6 Å². The number of nitrogens with zero attached hydrogens (tertiary/aromatic N) is 2. The lowest BCUT2D eigenvalue weighted by Gasteiger charge is -2.37. The van der Waals surface area contributed by atoms with E-state index in [1.807, 2.05) is 16.9 Å². The summed E-state index contributed by atoms with van der Waals surface area (Å²) in [5.74, 6) is 0.747. The van der Waals surface area contributed by atoms with Crippen LogP contribution in [0.25, 0.3) is 0 Å². The molecule has 2 N–H and O–H groups in total. The van der Waals surface area contributed by atoms with Gasteiger partial charge in [-0.25, -0.2) is 0 Å². The number of hydrogen-bond acceptors (Lipinski definition) is 3. The second-order valence-electron chi connectivity index (χ2n) is 6.22. The Balaban J connectivity index is 1.80. The third kappa shape index (κ3) is 2.35. The lowest BCUT2D eigenvalue weighted by atomic mass is 9.86. The van der Waals surface area contributed by atoms with Crippen LogP contribution in [-0.4, -0.2) is 34.8 Å². The fraction of sp³-hybridized carbons (Fsp3) is 0.733. The van der Waals surface area contributed by atoms with Crippen LogP contribution in [0.15, 0.2) is 18.5 Å². The van der Waals surface area contributed by atoms with Gasteiger partial charge in [0.25, 0.3) is 0 Å². The van der Waals surface area contributed by atoms with Gasteiger partial charge in [0, 0.05) is 18.4 Å².